The highest BCUT2D eigenvalue weighted by molar-refractivity contribution is 6.39. The van der Waals surface area contributed by atoms with E-state index in [0.29, 0.717) is 24.8 Å². The highest BCUT2D eigenvalue weighted by atomic mass is 16.2. The van der Waals surface area contributed by atoms with Crippen molar-refractivity contribution in [2.75, 3.05) is 26.0 Å². The molecular weight excluding hydrogens is 344 g/mol. The van der Waals surface area contributed by atoms with E-state index in [1.807, 2.05) is 31.1 Å². The minimum atomic E-state index is -0.711. The van der Waals surface area contributed by atoms with Crippen molar-refractivity contribution in [1.29, 1.82) is 0 Å². The number of amides is 2. The number of hydrogen-bond donors (Lipinski definition) is 2. The van der Waals surface area contributed by atoms with Gasteiger partial charge in [-0.3, -0.25) is 19.3 Å². The number of anilines is 1. The topological polar surface area (TPSA) is 92.2 Å². The molecule has 8 heteroatoms. The second kappa shape index (κ2) is 9.82. The lowest BCUT2D eigenvalue weighted by molar-refractivity contribution is -0.136. The van der Waals surface area contributed by atoms with E-state index in [-0.39, 0.29) is 6.04 Å². The average molecular weight is 372 g/mol. The molecule has 0 saturated carbocycles. The predicted molar refractivity (Wildman–Crippen MR) is 104 cm³/mol. The van der Waals surface area contributed by atoms with E-state index in [9.17, 15) is 9.59 Å². The molecule has 0 radical (unpaired) electrons. The van der Waals surface area contributed by atoms with Crippen molar-refractivity contribution < 1.29 is 9.59 Å². The van der Waals surface area contributed by atoms with Crippen LogP contribution < -0.4 is 10.6 Å². The van der Waals surface area contributed by atoms with Gasteiger partial charge >= 0.3 is 11.8 Å². The van der Waals surface area contributed by atoms with Crippen molar-refractivity contribution in [3.8, 4) is 0 Å². The summed E-state index contributed by atoms with van der Waals surface area (Å²) < 4.78 is 1.69. The largest absolute Gasteiger partial charge is 0.344 e. The van der Waals surface area contributed by atoms with Crippen LogP contribution in [-0.2, 0) is 16.1 Å². The van der Waals surface area contributed by atoms with Crippen molar-refractivity contribution in [3.05, 3.63) is 42.4 Å². The molecule has 27 heavy (non-hydrogen) atoms. The zero-order chi connectivity index (χ0) is 19.8. The Morgan fingerprint density at radius 1 is 1.15 bits per heavy atom. The smallest absolute Gasteiger partial charge is 0.314 e. The lowest BCUT2D eigenvalue weighted by Gasteiger charge is -2.23. The van der Waals surface area contributed by atoms with Gasteiger partial charge in [-0.05, 0) is 44.1 Å². The lowest BCUT2D eigenvalue weighted by atomic mass is 10.0. The SMILES string of the molecule is CC(C)CC(CN(C)C)NC(=O)C(=O)Nc1ccn(Cc2ccncc2)n1. The molecule has 1 atom stereocenters. The number of pyridine rings is 1. The van der Waals surface area contributed by atoms with E-state index in [0.717, 1.165) is 12.0 Å². The Hall–Kier alpha value is -2.74. The summed E-state index contributed by atoms with van der Waals surface area (Å²) in [5.41, 5.74) is 1.05. The second-order valence-electron chi connectivity index (χ2n) is 7.27. The molecule has 0 saturated heterocycles. The number of aromatic nitrogens is 3. The van der Waals surface area contributed by atoms with Crippen LogP contribution in [0.3, 0.4) is 0 Å². The minimum absolute atomic E-state index is 0.0810. The molecule has 2 aromatic rings. The zero-order valence-corrected chi connectivity index (χ0v) is 16.3. The van der Waals surface area contributed by atoms with Crippen molar-refractivity contribution in [3.63, 3.8) is 0 Å². The van der Waals surface area contributed by atoms with Gasteiger partial charge in [0.2, 0.25) is 0 Å². The molecule has 2 aromatic heterocycles. The van der Waals surface area contributed by atoms with Gasteiger partial charge in [-0.1, -0.05) is 13.8 Å². The Morgan fingerprint density at radius 3 is 2.48 bits per heavy atom. The van der Waals surface area contributed by atoms with Crippen molar-refractivity contribution in [2.45, 2.75) is 32.9 Å². The Labute approximate surface area is 160 Å². The quantitative estimate of drug-likeness (QED) is 0.683. The third-order valence-electron chi connectivity index (χ3n) is 3.86. The van der Waals surface area contributed by atoms with Gasteiger partial charge in [0.25, 0.3) is 0 Å². The van der Waals surface area contributed by atoms with Crippen LogP contribution in [0.5, 0.6) is 0 Å². The summed E-state index contributed by atoms with van der Waals surface area (Å²) in [6, 6.07) is 5.38. The number of nitrogens with zero attached hydrogens (tertiary/aromatic N) is 4. The number of carbonyl (C=O) groups is 2. The molecule has 1 unspecified atom stereocenters. The summed E-state index contributed by atoms with van der Waals surface area (Å²) in [4.78, 5) is 30.4. The van der Waals surface area contributed by atoms with Crippen LogP contribution in [0.1, 0.15) is 25.8 Å². The average Bonchev–Trinajstić information content (AvgIpc) is 3.01. The summed E-state index contributed by atoms with van der Waals surface area (Å²) in [5, 5.41) is 9.64. The van der Waals surface area contributed by atoms with Crippen LogP contribution in [-0.4, -0.2) is 58.2 Å². The van der Waals surface area contributed by atoms with Gasteiger partial charge in [0, 0.05) is 37.2 Å². The molecule has 0 aliphatic rings. The first-order valence-electron chi connectivity index (χ1n) is 9.02. The van der Waals surface area contributed by atoms with Crippen LogP contribution in [0.4, 0.5) is 5.82 Å². The maximum Gasteiger partial charge on any atom is 0.314 e. The zero-order valence-electron chi connectivity index (χ0n) is 16.3. The standard InChI is InChI=1S/C19H28N6O2/c1-14(2)11-16(13-24(3)4)21-18(26)19(27)22-17-7-10-25(23-17)12-15-5-8-20-9-6-15/h5-10,14,16H,11-13H2,1-4H3,(H,21,26)(H,22,23,27). The number of hydrogen-bond acceptors (Lipinski definition) is 5. The van der Waals surface area contributed by atoms with E-state index in [1.165, 1.54) is 0 Å². The fourth-order valence-electron chi connectivity index (χ4n) is 2.80. The highest BCUT2D eigenvalue weighted by Gasteiger charge is 2.20. The summed E-state index contributed by atoms with van der Waals surface area (Å²) in [7, 11) is 3.88. The van der Waals surface area contributed by atoms with Crippen LogP contribution in [0, 0.1) is 5.92 Å². The monoisotopic (exact) mass is 372 g/mol. The molecule has 2 amide bonds. The molecule has 0 aliphatic carbocycles. The van der Waals surface area contributed by atoms with E-state index >= 15 is 0 Å². The van der Waals surface area contributed by atoms with Crippen LogP contribution >= 0.6 is 0 Å². The number of carbonyl (C=O) groups excluding carboxylic acids is 2. The third-order valence-corrected chi connectivity index (χ3v) is 3.86. The first-order chi connectivity index (χ1) is 12.8. The van der Waals surface area contributed by atoms with Gasteiger partial charge in [0.05, 0.1) is 6.54 Å². The van der Waals surface area contributed by atoms with Crippen molar-refractivity contribution in [2.24, 2.45) is 5.92 Å². The molecule has 0 aliphatic heterocycles. The second-order valence-corrected chi connectivity index (χ2v) is 7.27. The molecule has 8 nitrogen and oxygen atoms in total. The normalized spacial score (nSPS) is 12.2. The van der Waals surface area contributed by atoms with Gasteiger partial charge in [0.1, 0.15) is 0 Å². The molecule has 146 valence electrons. The van der Waals surface area contributed by atoms with Gasteiger partial charge < -0.3 is 15.5 Å². The first kappa shape index (κ1) is 20.6. The van der Waals surface area contributed by atoms with Gasteiger partial charge in [-0.2, -0.15) is 5.10 Å². The van der Waals surface area contributed by atoms with Gasteiger partial charge in [-0.25, -0.2) is 0 Å². The molecule has 2 heterocycles. The van der Waals surface area contributed by atoms with E-state index in [4.69, 9.17) is 0 Å². The Kier molecular flexibility index (Phi) is 7.48. The fourth-order valence-corrected chi connectivity index (χ4v) is 2.80. The maximum atomic E-state index is 12.2. The molecule has 0 bridgehead atoms. The highest BCUT2D eigenvalue weighted by Crippen LogP contribution is 2.07. The summed E-state index contributed by atoms with van der Waals surface area (Å²) >= 11 is 0. The molecule has 0 aromatic carbocycles. The Morgan fingerprint density at radius 2 is 1.85 bits per heavy atom. The Balaban J connectivity index is 1.90. The number of rotatable bonds is 8. The maximum absolute atomic E-state index is 12.2. The van der Waals surface area contributed by atoms with Gasteiger partial charge in [0.15, 0.2) is 5.82 Å². The minimum Gasteiger partial charge on any atom is -0.344 e. The number of nitrogens with one attached hydrogen (secondary N) is 2. The van der Waals surface area contributed by atoms with Gasteiger partial charge in [-0.15, -0.1) is 0 Å². The van der Waals surface area contributed by atoms with Crippen LogP contribution in [0.15, 0.2) is 36.8 Å². The van der Waals surface area contributed by atoms with Crippen molar-refractivity contribution in [1.82, 2.24) is 25.0 Å². The summed E-state index contributed by atoms with van der Waals surface area (Å²) in [6.07, 6.45) is 5.99. The first-order valence-corrected chi connectivity index (χ1v) is 9.02. The Bertz CT molecular complexity index is 732. The van der Waals surface area contributed by atoms with E-state index < -0.39 is 11.8 Å². The molecule has 2 N–H and O–H groups in total. The van der Waals surface area contributed by atoms with Crippen LogP contribution in [0.25, 0.3) is 0 Å². The van der Waals surface area contributed by atoms with Crippen molar-refractivity contribution >= 4 is 17.6 Å². The third kappa shape index (κ3) is 7.18. The molecule has 0 fully saturated rings. The predicted octanol–water partition coefficient (Wildman–Crippen LogP) is 1.36. The fraction of sp³-hybridized carbons (Fsp3) is 0.474. The number of likely N-dealkylation sites (N-methyl/N-ethyl adjacent to an activating group) is 1. The van der Waals surface area contributed by atoms with Crippen LogP contribution in [0.2, 0.25) is 0 Å². The molecule has 2 rings (SSSR count). The molecule has 0 spiro atoms. The van der Waals surface area contributed by atoms with E-state index in [1.54, 1.807) is 29.3 Å². The summed E-state index contributed by atoms with van der Waals surface area (Å²) in [5.74, 6) is -0.595. The molecular formula is C19H28N6O2. The van der Waals surface area contributed by atoms with E-state index in [2.05, 4.69) is 34.6 Å². The lowest BCUT2D eigenvalue weighted by Crippen LogP contribution is -2.46. The summed E-state index contributed by atoms with van der Waals surface area (Å²) in [6.45, 7) is 5.41.